The van der Waals surface area contributed by atoms with Crippen molar-refractivity contribution in [2.45, 2.75) is 44.9 Å². The number of alkyl halides is 3. The fourth-order valence-electron chi connectivity index (χ4n) is 4.06. The molecule has 1 aliphatic rings. The quantitative estimate of drug-likeness (QED) is 0.535. The highest BCUT2D eigenvalue weighted by Crippen LogP contribution is 2.32. The van der Waals surface area contributed by atoms with Crippen molar-refractivity contribution in [2.75, 3.05) is 30.2 Å². The molecule has 6 nitrogen and oxygen atoms in total. The van der Waals surface area contributed by atoms with Crippen LogP contribution in [0.2, 0.25) is 0 Å². The summed E-state index contributed by atoms with van der Waals surface area (Å²) >= 11 is 0. The standard InChI is InChI=1S/C24H30F3N3O3S/c1-34(32,33)30(22-11-6-10-21(16-22)24(25,26)27)15-7-12-23(31)28-17-19-8-2-3-9-20(19)18-29-13-4-5-14-29/h2-3,6,8-11,16H,4-5,7,12-15,17-18H2,1H3,(H,28,31). The molecule has 186 valence electrons. The van der Waals surface area contributed by atoms with Gasteiger partial charge in [-0.1, -0.05) is 30.3 Å². The molecule has 0 spiro atoms. The first-order valence-electron chi connectivity index (χ1n) is 11.2. The summed E-state index contributed by atoms with van der Waals surface area (Å²) in [5.74, 6) is -0.242. The number of hydrogen-bond acceptors (Lipinski definition) is 4. The Morgan fingerprint density at radius 3 is 2.38 bits per heavy atom. The van der Waals surface area contributed by atoms with E-state index in [4.69, 9.17) is 0 Å². The Morgan fingerprint density at radius 1 is 1.06 bits per heavy atom. The Kier molecular flexibility index (Phi) is 8.59. The van der Waals surface area contributed by atoms with Crippen LogP contribution in [0.1, 0.15) is 42.4 Å². The number of likely N-dealkylation sites (tertiary alicyclic amines) is 1. The number of carbonyl (C=O) groups excluding carboxylic acids is 1. The number of nitrogens with zero attached hydrogens (tertiary/aromatic N) is 2. The van der Waals surface area contributed by atoms with Gasteiger partial charge in [0.15, 0.2) is 0 Å². The summed E-state index contributed by atoms with van der Waals surface area (Å²) in [5, 5.41) is 2.87. The van der Waals surface area contributed by atoms with Gasteiger partial charge in [0.2, 0.25) is 15.9 Å². The van der Waals surface area contributed by atoms with E-state index in [1.807, 2.05) is 18.2 Å². The summed E-state index contributed by atoms with van der Waals surface area (Å²) in [6.07, 6.45) is -1.02. The monoisotopic (exact) mass is 497 g/mol. The summed E-state index contributed by atoms with van der Waals surface area (Å²) in [4.78, 5) is 14.8. The number of nitrogens with one attached hydrogen (secondary N) is 1. The average molecular weight is 498 g/mol. The largest absolute Gasteiger partial charge is 0.416 e. The lowest BCUT2D eigenvalue weighted by molar-refractivity contribution is -0.137. The van der Waals surface area contributed by atoms with Gasteiger partial charge in [-0.05, 0) is 61.7 Å². The third-order valence-electron chi connectivity index (χ3n) is 5.81. The molecule has 1 heterocycles. The zero-order valence-electron chi connectivity index (χ0n) is 19.1. The minimum Gasteiger partial charge on any atom is -0.352 e. The summed E-state index contributed by atoms with van der Waals surface area (Å²) in [6.45, 7) is 3.25. The number of halogens is 3. The number of anilines is 1. The first kappa shape index (κ1) is 26.0. The van der Waals surface area contributed by atoms with Gasteiger partial charge in [0.1, 0.15) is 0 Å². The second-order valence-electron chi connectivity index (χ2n) is 8.52. The van der Waals surface area contributed by atoms with Crippen LogP contribution in [-0.4, -0.2) is 45.1 Å². The molecular weight excluding hydrogens is 467 g/mol. The maximum atomic E-state index is 13.0. The first-order valence-corrected chi connectivity index (χ1v) is 13.1. The molecule has 10 heteroatoms. The van der Waals surface area contributed by atoms with E-state index >= 15 is 0 Å². The van der Waals surface area contributed by atoms with Crippen molar-refractivity contribution >= 4 is 21.6 Å². The molecule has 2 aromatic carbocycles. The highest BCUT2D eigenvalue weighted by atomic mass is 32.2. The summed E-state index contributed by atoms with van der Waals surface area (Å²) in [6, 6.07) is 12.1. The maximum Gasteiger partial charge on any atom is 0.416 e. The fraction of sp³-hybridized carbons (Fsp3) is 0.458. The lowest BCUT2D eigenvalue weighted by Crippen LogP contribution is -2.32. The highest BCUT2D eigenvalue weighted by Gasteiger charge is 2.31. The van der Waals surface area contributed by atoms with Crippen LogP contribution in [0, 0.1) is 0 Å². The van der Waals surface area contributed by atoms with Crippen molar-refractivity contribution in [1.82, 2.24) is 10.2 Å². The van der Waals surface area contributed by atoms with Gasteiger partial charge in [-0.25, -0.2) is 8.42 Å². The molecule has 0 radical (unpaired) electrons. The Hall–Kier alpha value is -2.59. The predicted molar refractivity (Wildman–Crippen MR) is 126 cm³/mol. The zero-order valence-corrected chi connectivity index (χ0v) is 20.0. The van der Waals surface area contributed by atoms with Crippen LogP contribution < -0.4 is 9.62 Å². The second kappa shape index (κ2) is 11.2. The lowest BCUT2D eigenvalue weighted by Gasteiger charge is -2.23. The van der Waals surface area contributed by atoms with E-state index in [1.165, 1.54) is 25.0 Å². The third kappa shape index (κ3) is 7.46. The Morgan fingerprint density at radius 2 is 1.74 bits per heavy atom. The van der Waals surface area contributed by atoms with Crippen molar-refractivity contribution < 1.29 is 26.4 Å². The van der Waals surface area contributed by atoms with E-state index in [9.17, 15) is 26.4 Å². The molecule has 1 saturated heterocycles. The van der Waals surface area contributed by atoms with Crippen LogP contribution in [0.5, 0.6) is 0 Å². The number of carbonyl (C=O) groups is 1. The molecule has 0 aliphatic carbocycles. The van der Waals surface area contributed by atoms with Gasteiger partial charge in [-0.2, -0.15) is 13.2 Å². The van der Waals surface area contributed by atoms with Crippen LogP contribution in [0.15, 0.2) is 48.5 Å². The first-order chi connectivity index (χ1) is 16.0. The number of amides is 1. The molecule has 1 amide bonds. The van der Waals surface area contributed by atoms with Crippen LogP contribution in [0.4, 0.5) is 18.9 Å². The van der Waals surface area contributed by atoms with Gasteiger partial charge in [0, 0.05) is 26.1 Å². The molecule has 0 saturated carbocycles. The predicted octanol–water partition coefficient (Wildman–Crippen LogP) is 4.16. The SMILES string of the molecule is CS(=O)(=O)N(CCCC(=O)NCc1ccccc1CN1CCCC1)c1cccc(C(F)(F)F)c1. The van der Waals surface area contributed by atoms with Crippen molar-refractivity contribution in [3.05, 3.63) is 65.2 Å². The fourth-order valence-corrected chi connectivity index (χ4v) is 5.01. The Labute approximate surface area is 198 Å². The minimum absolute atomic E-state index is 0.0548. The molecule has 1 aliphatic heterocycles. The van der Waals surface area contributed by atoms with E-state index in [0.717, 1.165) is 53.5 Å². The van der Waals surface area contributed by atoms with E-state index in [-0.39, 0.29) is 31.0 Å². The third-order valence-corrected chi connectivity index (χ3v) is 7.01. The Balaban J connectivity index is 1.55. The molecule has 1 N–H and O–H groups in total. The van der Waals surface area contributed by atoms with Crippen molar-refractivity contribution in [1.29, 1.82) is 0 Å². The van der Waals surface area contributed by atoms with Crippen LogP contribution >= 0.6 is 0 Å². The van der Waals surface area contributed by atoms with E-state index in [2.05, 4.69) is 16.3 Å². The normalized spacial score (nSPS) is 14.8. The number of benzene rings is 2. The molecule has 1 fully saturated rings. The van der Waals surface area contributed by atoms with Crippen molar-refractivity contribution in [3.63, 3.8) is 0 Å². The van der Waals surface area contributed by atoms with Crippen molar-refractivity contribution in [3.8, 4) is 0 Å². The molecule has 2 aromatic rings. The van der Waals surface area contributed by atoms with Gasteiger partial charge in [-0.3, -0.25) is 14.0 Å². The number of sulfonamides is 1. The maximum absolute atomic E-state index is 13.0. The van der Waals surface area contributed by atoms with E-state index < -0.39 is 21.8 Å². The van der Waals surface area contributed by atoms with Gasteiger partial charge in [0.05, 0.1) is 17.5 Å². The van der Waals surface area contributed by atoms with Gasteiger partial charge >= 0.3 is 6.18 Å². The van der Waals surface area contributed by atoms with E-state index in [0.29, 0.717) is 6.54 Å². The summed E-state index contributed by atoms with van der Waals surface area (Å²) < 4.78 is 64.4. The summed E-state index contributed by atoms with van der Waals surface area (Å²) in [5.41, 5.74) is 1.19. The lowest BCUT2D eigenvalue weighted by atomic mass is 10.1. The molecular formula is C24H30F3N3O3S. The van der Waals surface area contributed by atoms with Gasteiger partial charge in [0.25, 0.3) is 0 Å². The van der Waals surface area contributed by atoms with Crippen LogP contribution in [0.25, 0.3) is 0 Å². The minimum atomic E-state index is -4.58. The average Bonchev–Trinajstić information content (AvgIpc) is 3.28. The molecule has 34 heavy (non-hydrogen) atoms. The number of hydrogen-bond donors (Lipinski definition) is 1. The van der Waals surface area contributed by atoms with E-state index in [1.54, 1.807) is 0 Å². The smallest absolute Gasteiger partial charge is 0.352 e. The molecule has 0 atom stereocenters. The van der Waals surface area contributed by atoms with Gasteiger partial charge in [-0.15, -0.1) is 0 Å². The highest BCUT2D eigenvalue weighted by molar-refractivity contribution is 7.92. The topological polar surface area (TPSA) is 69.7 Å². The van der Waals surface area contributed by atoms with Gasteiger partial charge < -0.3 is 5.32 Å². The molecule has 3 rings (SSSR count). The molecule has 0 bridgehead atoms. The second-order valence-corrected chi connectivity index (χ2v) is 10.4. The molecule has 0 unspecified atom stereocenters. The van der Waals surface area contributed by atoms with Crippen LogP contribution in [0.3, 0.4) is 0 Å². The summed E-state index contributed by atoms with van der Waals surface area (Å²) in [7, 11) is -3.82. The zero-order chi connectivity index (χ0) is 24.8. The van der Waals surface area contributed by atoms with Crippen LogP contribution in [-0.2, 0) is 34.1 Å². The number of rotatable bonds is 10. The van der Waals surface area contributed by atoms with Crippen molar-refractivity contribution in [2.24, 2.45) is 0 Å². The Bertz CT molecular complexity index is 1080. The molecule has 0 aromatic heterocycles.